The highest BCUT2D eigenvalue weighted by Crippen LogP contribution is 2.20. The third-order valence-electron chi connectivity index (χ3n) is 4.20. The van der Waals surface area contributed by atoms with E-state index in [0.717, 1.165) is 32.1 Å². The Kier molecular flexibility index (Phi) is 8.97. The molecule has 24 heavy (non-hydrogen) atoms. The van der Waals surface area contributed by atoms with Crippen LogP contribution in [-0.2, 0) is 11.3 Å². The van der Waals surface area contributed by atoms with Crippen LogP contribution < -0.4 is 10.6 Å². The normalized spacial score (nSPS) is 22.8. The van der Waals surface area contributed by atoms with Gasteiger partial charge in [-0.2, -0.15) is 0 Å². The average molecular weight is 466 g/mol. The number of rotatable bonds is 5. The van der Waals surface area contributed by atoms with Gasteiger partial charge in [0.2, 0.25) is 0 Å². The van der Waals surface area contributed by atoms with Crippen LogP contribution in [0.1, 0.15) is 32.6 Å². The molecule has 1 aliphatic heterocycles. The molecule has 0 radical (unpaired) electrons. The summed E-state index contributed by atoms with van der Waals surface area (Å²) in [6.45, 7) is 12.4. The van der Waals surface area contributed by atoms with Crippen LogP contribution in [0, 0.1) is 0 Å². The first kappa shape index (κ1) is 21.7. The van der Waals surface area contributed by atoms with Crippen molar-refractivity contribution in [1.29, 1.82) is 0 Å². The first-order valence-corrected chi connectivity index (χ1v) is 9.16. The van der Waals surface area contributed by atoms with Gasteiger partial charge in [0.15, 0.2) is 5.96 Å². The van der Waals surface area contributed by atoms with E-state index in [4.69, 9.17) is 4.74 Å². The van der Waals surface area contributed by atoms with E-state index in [-0.39, 0.29) is 41.7 Å². The second kappa shape index (κ2) is 9.94. The van der Waals surface area contributed by atoms with Gasteiger partial charge < -0.3 is 15.4 Å². The van der Waals surface area contributed by atoms with Crippen molar-refractivity contribution in [3.63, 3.8) is 0 Å². The van der Waals surface area contributed by atoms with Crippen LogP contribution in [0.5, 0.6) is 0 Å². The van der Waals surface area contributed by atoms with Gasteiger partial charge in [0.1, 0.15) is 0 Å². The SMILES string of the molecule is CN=C(NCc1cccs1)NCC(C)(C)N1CC(C)OC(C)C1.I. The molecule has 7 heteroatoms. The molecule has 0 aromatic carbocycles. The molecule has 0 amide bonds. The predicted octanol–water partition coefficient (Wildman–Crippen LogP) is 2.92. The Labute approximate surface area is 167 Å². The average Bonchev–Trinajstić information content (AvgIpc) is 2.99. The van der Waals surface area contributed by atoms with Crippen LogP contribution in [-0.4, -0.2) is 55.3 Å². The molecular weight excluding hydrogens is 435 g/mol. The largest absolute Gasteiger partial charge is 0.373 e. The molecule has 0 aliphatic carbocycles. The minimum absolute atomic E-state index is 0. The zero-order chi connectivity index (χ0) is 16.9. The summed E-state index contributed by atoms with van der Waals surface area (Å²) in [5, 5.41) is 8.93. The van der Waals surface area contributed by atoms with Gasteiger partial charge in [-0.3, -0.25) is 9.89 Å². The van der Waals surface area contributed by atoms with Gasteiger partial charge in [-0.05, 0) is 39.1 Å². The number of hydrogen-bond acceptors (Lipinski definition) is 4. The summed E-state index contributed by atoms with van der Waals surface area (Å²) in [6, 6.07) is 4.20. The molecule has 2 heterocycles. The van der Waals surface area contributed by atoms with Crippen LogP contribution in [0.4, 0.5) is 0 Å². The van der Waals surface area contributed by atoms with E-state index >= 15 is 0 Å². The maximum Gasteiger partial charge on any atom is 0.191 e. The maximum absolute atomic E-state index is 5.84. The molecule has 2 unspecified atom stereocenters. The van der Waals surface area contributed by atoms with Crippen molar-refractivity contribution in [2.75, 3.05) is 26.7 Å². The molecule has 1 aliphatic rings. The molecule has 1 aromatic rings. The van der Waals surface area contributed by atoms with E-state index in [1.54, 1.807) is 11.3 Å². The van der Waals surface area contributed by atoms with Crippen molar-refractivity contribution < 1.29 is 4.74 Å². The highest BCUT2D eigenvalue weighted by molar-refractivity contribution is 14.0. The second-order valence-electron chi connectivity index (χ2n) is 6.83. The van der Waals surface area contributed by atoms with Gasteiger partial charge >= 0.3 is 0 Å². The Morgan fingerprint density at radius 2 is 2.00 bits per heavy atom. The van der Waals surface area contributed by atoms with Gasteiger partial charge in [-0.1, -0.05) is 6.07 Å². The van der Waals surface area contributed by atoms with E-state index in [1.807, 2.05) is 7.05 Å². The fourth-order valence-electron chi connectivity index (χ4n) is 2.89. The fourth-order valence-corrected chi connectivity index (χ4v) is 3.53. The van der Waals surface area contributed by atoms with Crippen molar-refractivity contribution >= 4 is 41.3 Å². The number of halogens is 1. The lowest BCUT2D eigenvalue weighted by Crippen LogP contribution is -2.59. The first-order valence-electron chi connectivity index (χ1n) is 8.28. The monoisotopic (exact) mass is 466 g/mol. The number of guanidine groups is 1. The van der Waals surface area contributed by atoms with Crippen molar-refractivity contribution in [3.8, 4) is 0 Å². The summed E-state index contributed by atoms with van der Waals surface area (Å²) < 4.78 is 5.84. The van der Waals surface area contributed by atoms with E-state index in [0.29, 0.717) is 0 Å². The lowest BCUT2D eigenvalue weighted by molar-refractivity contribution is -0.0946. The van der Waals surface area contributed by atoms with Crippen molar-refractivity contribution in [2.24, 2.45) is 4.99 Å². The zero-order valence-electron chi connectivity index (χ0n) is 15.3. The number of thiophene rings is 1. The Balaban J connectivity index is 0.00000288. The Hall–Kier alpha value is -0.380. The first-order chi connectivity index (χ1) is 10.9. The lowest BCUT2D eigenvalue weighted by Gasteiger charge is -2.45. The molecule has 0 bridgehead atoms. The Morgan fingerprint density at radius 1 is 1.33 bits per heavy atom. The third-order valence-corrected chi connectivity index (χ3v) is 5.07. The number of aliphatic imine (C=N–C) groups is 1. The quantitative estimate of drug-likeness (QED) is 0.398. The summed E-state index contributed by atoms with van der Waals surface area (Å²) in [6.07, 6.45) is 0.573. The highest BCUT2D eigenvalue weighted by atomic mass is 127. The number of nitrogens with zero attached hydrogens (tertiary/aromatic N) is 2. The molecule has 1 aromatic heterocycles. The number of ether oxygens (including phenoxy) is 1. The van der Waals surface area contributed by atoms with Crippen molar-refractivity contribution in [2.45, 2.75) is 52.0 Å². The summed E-state index contributed by atoms with van der Waals surface area (Å²) >= 11 is 1.75. The number of hydrogen-bond donors (Lipinski definition) is 2. The van der Waals surface area contributed by atoms with Crippen molar-refractivity contribution in [3.05, 3.63) is 22.4 Å². The third kappa shape index (κ3) is 6.50. The molecule has 0 spiro atoms. The molecule has 0 saturated carbocycles. The van der Waals surface area contributed by atoms with Crippen LogP contribution in [0.15, 0.2) is 22.5 Å². The van der Waals surface area contributed by atoms with Crippen LogP contribution >= 0.6 is 35.3 Å². The second-order valence-corrected chi connectivity index (χ2v) is 7.87. The molecule has 2 rings (SSSR count). The zero-order valence-corrected chi connectivity index (χ0v) is 18.5. The molecule has 5 nitrogen and oxygen atoms in total. The van der Waals surface area contributed by atoms with Crippen molar-refractivity contribution in [1.82, 2.24) is 15.5 Å². The number of nitrogens with one attached hydrogen (secondary N) is 2. The molecular formula is C17H31IN4OS. The van der Waals surface area contributed by atoms with E-state index < -0.39 is 0 Å². The van der Waals surface area contributed by atoms with Gasteiger partial charge in [0.05, 0.1) is 18.8 Å². The predicted molar refractivity (Wildman–Crippen MR) is 114 cm³/mol. The lowest BCUT2D eigenvalue weighted by atomic mass is 10.00. The van der Waals surface area contributed by atoms with Crippen LogP contribution in [0.25, 0.3) is 0 Å². The molecule has 138 valence electrons. The summed E-state index contributed by atoms with van der Waals surface area (Å²) in [5.41, 5.74) is 0.0485. The van der Waals surface area contributed by atoms with Gasteiger partial charge in [-0.25, -0.2) is 0 Å². The van der Waals surface area contributed by atoms with Gasteiger partial charge in [-0.15, -0.1) is 35.3 Å². The maximum atomic E-state index is 5.84. The Morgan fingerprint density at radius 3 is 2.54 bits per heavy atom. The minimum Gasteiger partial charge on any atom is -0.373 e. The van der Waals surface area contributed by atoms with E-state index in [2.05, 4.69) is 65.7 Å². The van der Waals surface area contributed by atoms with Gasteiger partial charge in [0.25, 0.3) is 0 Å². The molecule has 2 atom stereocenters. The summed E-state index contributed by atoms with van der Waals surface area (Å²) in [5.74, 6) is 0.848. The molecule has 2 N–H and O–H groups in total. The van der Waals surface area contributed by atoms with Gasteiger partial charge in [0, 0.05) is 37.1 Å². The number of morpholine rings is 1. The molecule has 1 fully saturated rings. The standard InChI is InChI=1S/C17H30N4OS.HI/c1-13-10-21(11-14(2)22-13)17(3,4)12-20-16(18-5)19-9-15-7-6-8-23-15;/h6-8,13-14H,9-12H2,1-5H3,(H2,18,19,20);1H. The van der Waals surface area contributed by atoms with E-state index in [1.165, 1.54) is 4.88 Å². The summed E-state index contributed by atoms with van der Waals surface area (Å²) in [4.78, 5) is 8.14. The highest BCUT2D eigenvalue weighted by Gasteiger charge is 2.33. The Bertz CT molecular complexity index is 497. The van der Waals surface area contributed by atoms with Crippen LogP contribution in [0.2, 0.25) is 0 Å². The minimum atomic E-state index is 0. The molecule has 1 saturated heterocycles. The van der Waals surface area contributed by atoms with E-state index in [9.17, 15) is 0 Å². The van der Waals surface area contributed by atoms with Crippen LogP contribution in [0.3, 0.4) is 0 Å². The smallest absolute Gasteiger partial charge is 0.191 e. The fraction of sp³-hybridized carbons (Fsp3) is 0.706. The summed E-state index contributed by atoms with van der Waals surface area (Å²) in [7, 11) is 1.82. The topological polar surface area (TPSA) is 48.9 Å².